The molecule has 0 unspecified atom stereocenters. The molecule has 0 aromatic carbocycles. The van der Waals surface area contributed by atoms with E-state index >= 15 is 0 Å². The smallest absolute Gasteiger partial charge is 0.234 e. The van der Waals surface area contributed by atoms with E-state index in [1.54, 1.807) is 10.6 Å². The molecule has 2 radical (unpaired) electrons. The molecule has 0 bridgehead atoms. The molecule has 16 heavy (non-hydrogen) atoms. The Labute approximate surface area is 98.2 Å². The second kappa shape index (κ2) is 5.41. The number of hydrogen-bond acceptors (Lipinski definition) is 0. The summed E-state index contributed by atoms with van der Waals surface area (Å²) < 4.78 is 1.64. The van der Waals surface area contributed by atoms with E-state index in [0.717, 1.165) is 21.8 Å². The third kappa shape index (κ3) is 1.96. The van der Waals surface area contributed by atoms with Crippen molar-refractivity contribution in [2.45, 2.75) is 13.8 Å². The van der Waals surface area contributed by atoms with Gasteiger partial charge in [-0.1, -0.05) is 43.5 Å². The largest absolute Gasteiger partial charge is 0.397 e. The van der Waals surface area contributed by atoms with Gasteiger partial charge in [-0.25, -0.2) is 0 Å². The van der Waals surface area contributed by atoms with Crippen LogP contribution in [0.15, 0.2) is 25.3 Å². The highest BCUT2D eigenvalue weighted by molar-refractivity contribution is 6.08. The van der Waals surface area contributed by atoms with E-state index < -0.39 is 0 Å². The van der Waals surface area contributed by atoms with Gasteiger partial charge in [0.05, 0.1) is 0 Å². The maximum Gasteiger partial charge on any atom is 0.234 e. The van der Waals surface area contributed by atoms with Crippen molar-refractivity contribution in [3.05, 3.63) is 47.1 Å². The molecule has 0 aliphatic heterocycles. The van der Waals surface area contributed by atoms with Crippen molar-refractivity contribution in [1.82, 2.24) is 4.48 Å². The highest BCUT2D eigenvalue weighted by atomic mass is 14.9. The van der Waals surface area contributed by atoms with Crippen LogP contribution >= 0.6 is 0 Å². The SMILES string of the molecule is [B]n1c(C=C)c(C=C)c(=C/C=C\C)/c1=C\C. The predicted molar refractivity (Wildman–Crippen MR) is 74.4 cm³/mol. The quantitative estimate of drug-likeness (QED) is 0.669. The van der Waals surface area contributed by atoms with Crippen LogP contribution in [-0.4, -0.2) is 12.5 Å². The normalized spacial score (nSPS) is 13.6. The van der Waals surface area contributed by atoms with Crippen LogP contribution in [0.25, 0.3) is 24.3 Å². The molecule has 0 atom stereocenters. The average Bonchev–Trinajstić information content (AvgIpc) is 2.57. The summed E-state index contributed by atoms with van der Waals surface area (Å²) >= 11 is 0. The number of hydrogen-bond donors (Lipinski definition) is 0. The van der Waals surface area contributed by atoms with Crippen LogP contribution in [0.4, 0.5) is 0 Å². The zero-order valence-electron chi connectivity index (χ0n) is 9.90. The summed E-state index contributed by atoms with van der Waals surface area (Å²) in [4.78, 5) is 0. The molecule has 1 aromatic rings. The lowest BCUT2D eigenvalue weighted by Gasteiger charge is -1.97. The van der Waals surface area contributed by atoms with Gasteiger partial charge in [-0.2, -0.15) is 0 Å². The average molecular weight is 209 g/mol. The van der Waals surface area contributed by atoms with E-state index in [2.05, 4.69) is 13.2 Å². The maximum atomic E-state index is 6.00. The molecular formula is C14H16BN. The van der Waals surface area contributed by atoms with Crippen molar-refractivity contribution in [2.24, 2.45) is 0 Å². The van der Waals surface area contributed by atoms with Crippen molar-refractivity contribution >= 4 is 32.3 Å². The number of nitrogens with zero attached hydrogens (tertiary/aromatic N) is 1. The van der Waals surface area contributed by atoms with Crippen LogP contribution in [0, 0.1) is 0 Å². The van der Waals surface area contributed by atoms with Gasteiger partial charge >= 0.3 is 0 Å². The van der Waals surface area contributed by atoms with Gasteiger partial charge < -0.3 is 4.48 Å². The Morgan fingerprint density at radius 2 is 1.88 bits per heavy atom. The second-order valence-corrected chi connectivity index (χ2v) is 3.36. The Kier molecular flexibility index (Phi) is 4.18. The molecule has 0 saturated heterocycles. The topological polar surface area (TPSA) is 4.93 Å². The Morgan fingerprint density at radius 3 is 2.31 bits per heavy atom. The first kappa shape index (κ1) is 12.4. The van der Waals surface area contributed by atoms with Crippen molar-refractivity contribution in [3.63, 3.8) is 0 Å². The fourth-order valence-electron chi connectivity index (χ4n) is 1.75. The number of allylic oxidation sites excluding steroid dienone is 2. The van der Waals surface area contributed by atoms with Gasteiger partial charge in [-0.05, 0) is 19.9 Å². The Morgan fingerprint density at radius 1 is 1.19 bits per heavy atom. The zero-order valence-corrected chi connectivity index (χ0v) is 9.90. The van der Waals surface area contributed by atoms with Crippen LogP contribution in [-0.2, 0) is 0 Å². The van der Waals surface area contributed by atoms with Crippen LogP contribution in [0.5, 0.6) is 0 Å². The number of rotatable bonds is 3. The summed E-state index contributed by atoms with van der Waals surface area (Å²) in [7, 11) is 6.00. The lowest BCUT2D eigenvalue weighted by atomic mass is 10.1. The van der Waals surface area contributed by atoms with Crippen molar-refractivity contribution in [3.8, 4) is 0 Å². The molecule has 0 aliphatic rings. The highest BCUT2D eigenvalue weighted by Gasteiger charge is 2.05. The maximum absolute atomic E-state index is 6.00. The van der Waals surface area contributed by atoms with Crippen LogP contribution in [0.3, 0.4) is 0 Å². The molecule has 1 nitrogen and oxygen atoms in total. The Bertz CT molecular complexity index is 544. The molecule has 1 aromatic heterocycles. The van der Waals surface area contributed by atoms with E-state index in [-0.39, 0.29) is 0 Å². The van der Waals surface area contributed by atoms with Gasteiger partial charge in [0.25, 0.3) is 0 Å². The monoisotopic (exact) mass is 209 g/mol. The van der Waals surface area contributed by atoms with Crippen molar-refractivity contribution < 1.29 is 0 Å². The van der Waals surface area contributed by atoms with Gasteiger partial charge in [0.1, 0.15) is 0 Å². The lowest BCUT2D eigenvalue weighted by molar-refractivity contribution is 1.16. The van der Waals surface area contributed by atoms with E-state index in [0.29, 0.717) is 0 Å². The van der Waals surface area contributed by atoms with E-state index in [4.69, 9.17) is 7.98 Å². The summed E-state index contributed by atoms with van der Waals surface area (Å²) in [5.74, 6) is 0. The molecule has 0 fully saturated rings. The van der Waals surface area contributed by atoms with Gasteiger partial charge in [0.2, 0.25) is 7.98 Å². The van der Waals surface area contributed by atoms with Crippen molar-refractivity contribution in [2.75, 3.05) is 0 Å². The minimum atomic E-state index is 0.888. The fourth-order valence-corrected chi connectivity index (χ4v) is 1.75. The van der Waals surface area contributed by atoms with Gasteiger partial charge in [-0.15, -0.1) is 0 Å². The van der Waals surface area contributed by atoms with Crippen LogP contribution < -0.4 is 10.6 Å². The minimum Gasteiger partial charge on any atom is -0.397 e. The molecule has 0 aliphatic carbocycles. The van der Waals surface area contributed by atoms with E-state index in [1.165, 1.54) is 0 Å². The summed E-state index contributed by atoms with van der Waals surface area (Å²) in [6.07, 6.45) is 11.5. The first-order chi connectivity index (χ1) is 7.71. The summed E-state index contributed by atoms with van der Waals surface area (Å²) in [6.45, 7) is 11.5. The molecular weight excluding hydrogens is 193 g/mol. The molecule has 1 heterocycles. The molecule has 80 valence electrons. The predicted octanol–water partition coefficient (Wildman–Crippen LogP) is 1.86. The van der Waals surface area contributed by atoms with Crippen LogP contribution in [0.1, 0.15) is 25.1 Å². The fraction of sp³-hybridized carbons (Fsp3) is 0.143. The lowest BCUT2D eigenvalue weighted by Crippen LogP contribution is -2.28. The molecule has 0 saturated carbocycles. The highest BCUT2D eigenvalue weighted by Crippen LogP contribution is 2.04. The van der Waals surface area contributed by atoms with Gasteiger partial charge in [-0.3, -0.25) is 0 Å². The summed E-state index contributed by atoms with van der Waals surface area (Å²) in [6, 6.07) is 0. The first-order valence-corrected chi connectivity index (χ1v) is 5.25. The zero-order chi connectivity index (χ0) is 12.1. The van der Waals surface area contributed by atoms with Gasteiger partial charge in [0, 0.05) is 21.8 Å². The molecule has 0 amide bonds. The van der Waals surface area contributed by atoms with Gasteiger partial charge in [0.15, 0.2) is 0 Å². The second-order valence-electron chi connectivity index (χ2n) is 3.36. The third-order valence-electron chi connectivity index (χ3n) is 2.49. The molecule has 0 spiro atoms. The standard InChI is InChI=1S/C14H16BN/c1-5-9-10-12-11(6-2)13(7-3)16(15)14(12)8-4/h5-10H,2-3H2,1,4H3/b9-5-,12-10-,14-8+. The summed E-state index contributed by atoms with van der Waals surface area (Å²) in [5, 5.41) is 2.05. The molecule has 1 rings (SSSR count). The van der Waals surface area contributed by atoms with Crippen LogP contribution in [0.2, 0.25) is 0 Å². The third-order valence-corrected chi connectivity index (χ3v) is 2.49. The van der Waals surface area contributed by atoms with Crippen molar-refractivity contribution in [1.29, 1.82) is 0 Å². The van der Waals surface area contributed by atoms with E-state index in [1.807, 2.05) is 44.2 Å². The minimum absolute atomic E-state index is 0.888. The molecule has 0 N–H and O–H groups in total. The Balaban J connectivity index is 3.84. The number of aromatic nitrogens is 1. The Hall–Kier alpha value is -1.70. The van der Waals surface area contributed by atoms with E-state index in [9.17, 15) is 0 Å². The molecule has 2 heteroatoms. The summed E-state index contributed by atoms with van der Waals surface area (Å²) in [5.41, 5.74) is 1.91. The first-order valence-electron chi connectivity index (χ1n) is 5.25.